The molecule has 2 N–H and O–H groups in total. The lowest BCUT2D eigenvalue weighted by Crippen LogP contribution is -2.34. The smallest absolute Gasteiger partial charge is 0.0584 e. The molecule has 0 aromatic heterocycles. The maximum Gasteiger partial charge on any atom is 0.0584 e. The summed E-state index contributed by atoms with van der Waals surface area (Å²) in [6, 6.07) is 0.268. The Bertz CT molecular complexity index is 167. The van der Waals surface area contributed by atoms with E-state index in [-0.39, 0.29) is 12.6 Å². The second kappa shape index (κ2) is 8.04. The molecule has 0 aliphatic carbocycles. The third-order valence-electron chi connectivity index (χ3n) is 3.14. The molecule has 1 heterocycles. The molecule has 2 atom stereocenters. The van der Waals surface area contributed by atoms with Crippen molar-refractivity contribution in [2.75, 3.05) is 19.8 Å². The minimum Gasteiger partial charge on any atom is -0.395 e. The summed E-state index contributed by atoms with van der Waals surface area (Å²) in [7, 11) is 0. The Hall–Kier alpha value is -0.120. The van der Waals surface area contributed by atoms with E-state index in [1.807, 2.05) is 0 Å². The summed E-state index contributed by atoms with van der Waals surface area (Å²) < 4.78 is 5.57. The van der Waals surface area contributed by atoms with E-state index in [4.69, 9.17) is 4.74 Å². The van der Waals surface area contributed by atoms with Crippen LogP contribution in [0.5, 0.6) is 0 Å². The van der Waals surface area contributed by atoms with Crippen molar-refractivity contribution in [2.45, 2.75) is 58.1 Å². The van der Waals surface area contributed by atoms with Gasteiger partial charge in [-0.2, -0.15) is 0 Å². The molecule has 2 unspecified atom stereocenters. The highest BCUT2D eigenvalue weighted by Crippen LogP contribution is 2.16. The van der Waals surface area contributed by atoms with E-state index in [1.165, 1.54) is 12.8 Å². The van der Waals surface area contributed by atoms with Gasteiger partial charge in [0.2, 0.25) is 0 Å². The molecule has 0 bridgehead atoms. The van der Waals surface area contributed by atoms with E-state index in [2.05, 4.69) is 19.2 Å². The third kappa shape index (κ3) is 5.83. The Morgan fingerprint density at radius 1 is 1.44 bits per heavy atom. The predicted octanol–water partition coefficient (Wildman–Crippen LogP) is 1.94. The molecular weight excluding hydrogens is 202 g/mol. The van der Waals surface area contributed by atoms with Gasteiger partial charge in [-0.3, -0.25) is 0 Å². The second-order valence-electron chi connectivity index (χ2n) is 5.24. The van der Waals surface area contributed by atoms with Gasteiger partial charge in [0.15, 0.2) is 0 Å². The number of hydrogen-bond acceptors (Lipinski definition) is 3. The van der Waals surface area contributed by atoms with Crippen molar-refractivity contribution in [2.24, 2.45) is 5.92 Å². The quantitative estimate of drug-likeness (QED) is 0.625. The zero-order chi connectivity index (χ0) is 11.8. The van der Waals surface area contributed by atoms with Crippen molar-refractivity contribution in [1.82, 2.24) is 5.32 Å². The molecule has 96 valence electrons. The van der Waals surface area contributed by atoms with Crippen LogP contribution in [-0.4, -0.2) is 37.0 Å². The maximum absolute atomic E-state index is 9.20. The Morgan fingerprint density at radius 3 is 2.81 bits per heavy atom. The average Bonchev–Trinajstić information content (AvgIpc) is 2.74. The monoisotopic (exact) mass is 229 g/mol. The minimum absolute atomic E-state index is 0.248. The lowest BCUT2D eigenvalue weighted by atomic mass is 10.0. The van der Waals surface area contributed by atoms with Gasteiger partial charge in [0.05, 0.1) is 12.7 Å². The Labute approximate surface area is 99.6 Å². The molecule has 3 heteroatoms. The van der Waals surface area contributed by atoms with Gasteiger partial charge in [-0.15, -0.1) is 0 Å². The highest BCUT2D eigenvalue weighted by molar-refractivity contribution is 4.69. The molecule has 0 aromatic rings. The average molecular weight is 229 g/mol. The first-order valence-corrected chi connectivity index (χ1v) is 6.68. The fraction of sp³-hybridized carbons (Fsp3) is 1.00. The van der Waals surface area contributed by atoms with Crippen LogP contribution >= 0.6 is 0 Å². The summed E-state index contributed by atoms with van der Waals surface area (Å²) in [6.07, 6.45) is 6.32. The van der Waals surface area contributed by atoms with Crippen molar-refractivity contribution < 1.29 is 9.84 Å². The van der Waals surface area contributed by atoms with Crippen LogP contribution in [0.2, 0.25) is 0 Å². The molecule has 1 saturated heterocycles. The fourth-order valence-corrected chi connectivity index (χ4v) is 2.30. The zero-order valence-corrected chi connectivity index (χ0v) is 10.7. The van der Waals surface area contributed by atoms with E-state index < -0.39 is 0 Å². The molecule has 0 amide bonds. The van der Waals surface area contributed by atoms with Gasteiger partial charge in [-0.25, -0.2) is 0 Å². The molecule has 0 radical (unpaired) electrons. The fourth-order valence-electron chi connectivity index (χ4n) is 2.30. The summed E-state index contributed by atoms with van der Waals surface area (Å²) in [5, 5.41) is 12.6. The zero-order valence-electron chi connectivity index (χ0n) is 10.7. The number of nitrogens with one attached hydrogen (secondary N) is 1. The Balaban J connectivity index is 1.99. The van der Waals surface area contributed by atoms with E-state index in [0.717, 1.165) is 32.4 Å². The van der Waals surface area contributed by atoms with Crippen molar-refractivity contribution >= 4 is 0 Å². The largest absolute Gasteiger partial charge is 0.395 e. The first kappa shape index (κ1) is 13.9. The van der Waals surface area contributed by atoms with Gasteiger partial charge in [0, 0.05) is 12.6 Å². The number of ether oxygens (including phenoxy) is 1. The standard InChI is InChI=1S/C13H27NO2/c1-11(2)9-12(10-15)14-7-3-5-13-6-4-8-16-13/h11-15H,3-10H2,1-2H3. The van der Waals surface area contributed by atoms with Crippen molar-refractivity contribution in [3.8, 4) is 0 Å². The lowest BCUT2D eigenvalue weighted by Gasteiger charge is -2.18. The molecule has 0 spiro atoms. The van der Waals surface area contributed by atoms with Crippen LogP contribution in [0.15, 0.2) is 0 Å². The topological polar surface area (TPSA) is 41.5 Å². The molecule has 16 heavy (non-hydrogen) atoms. The van der Waals surface area contributed by atoms with E-state index >= 15 is 0 Å². The van der Waals surface area contributed by atoms with E-state index in [0.29, 0.717) is 12.0 Å². The van der Waals surface area contributed by atoms with Gasteiger partial charge >= 0.3 is 0 Å². The molecular formula is C13H27NO2. The number of aliphatic hydroxyl groups excluding tert-OH is 1. The van der Waals surface area contributed by atoms with Crippen LogP contribution in [0.4, 0.5) is 0 Å². The van der Waals surface area contributed by atoms with Crippen LogP contribution in [0.3, 0.4) is 0 Å². The summed E-state index contributed by atoms with van der Waals surface area (Å²) in [4.78, 5) is 0. The van der Waals surface area contributed by atoms with Crippen molar-refractivity contribution in [3.05, 3.63) is 0 Å². The van der Waals surface area contributed by atoms with Crippen LogP contribution < -0.4 is 5.32 Å². The van der Waals surface area contributed by atoms with Crippen LogP contribution in [0, 0.1) is 5.92 Å². The summed E-state index contributed by atoms with van der Waals surface area (Å²) in [6.45, 7) is 6.58. The van der Waals surface area contributed by atoms with Crippen LogP contribution in [0.1, 0.15) is 46.0 Å². The lowest BCUT2D eigenvalue weighted by molar-refractivity contribution is 0.102. The molecule has 3 nitrogen and oxygen atoms in total. The first-order valence-electron chi connectivity index (χ1n) is 6.68. The Morgan fingerprint density at radius 2 is 2.25 bits per heavy atom. The molecule has 1 aliphatic rings. The SMILES string of the molecule is CC(C)CC(CO)NCCCC1CCCO1. The summed E-state index contributed by atoms with van der Waals surface area (Å²) >= 11 is 0. The number of aliphatic hydroxyl groups is 1. The van der Waals surface area contributed by atoms with Gasteiger partial charge in [0.25, 0.3) is 0 Å². The molecule has 1 fully saturated rings. The van der Waals surface area contributed by atoms with E-state index in [1.54, 1.807) is 0 Å². The Kier molecular flexibility index (Phi) is 7.01. The summed E-state index contributed by atoms with van der Waals surface area (Å²) in [5.74, 6) is 0.641. The van der Waals surface area contributed by atoms with E-state index in [9.17, 15) is 5.11 Å². The normalized spacial score (nSPS) is 22.9. The summed E-state index contributed by atoms with van der Waals surface area (Å²) in [5.41, 5.74) is 0. The first-order chi connectivity index (χ1) is 7.72. The van der Waals surface area contributed by atoms with Gasteiger partial charge in [-0.05, 0) is 44.6 Å². The number of hydrogen-bond donors (Lipinski definition) is 2. The molecule has 1 aliphatic heterocycles. The molecule has 1 rings (SSSR count). The maximum atomic E-state index is 9.20. The second-order valence-corrected chi connectivity index (χ2v) is 5.24. The predicted molar refractivity (Wildman–Crippen MR) is 66.5 cm³/mol. The molecule has 0 aromatic carbocycles. The van der Waals surface area contributed by atoms with Crippen molar-refractivity contribution in [3.63, 3.8) is 0 Å². The van der Waals surface area contributed by atoms with Gasteiger partial charge < -0.3 is 15.2 Å². The van der Waals surface area contributed by atoms with Crippen LogP contribution in [-0.2, 0) is 4.74 Å². The third-order valence-corrected chi connectivity index (χ3v) is 3.14. The highest BCUT2D eigenvalue weighted by atomic mass is 16.5. The van der Waals surface area contributed by atoms with Crippen LogP contribution in [0.25, 0.3) is 0 Å². The van der Waals surface area contributed by atoms with Crippen molar-refractivity contribution in [1.29, 1.82) is 0 Å². The number of rotatable bonds is 8. The molecule has 0 saturated carbocycles. The highest BCUT2D eigenvalue weighted by Gasteiger charge is 2.15. The van der Waals surface area contributed by atoms with Gasteiger partial charge in [0.1, 0.15) is 0 Å². The minimum atomic E-state index is 0.248. The van der Waals surface area contributed by atoms with Gasteiger partial charge in [-0.1, -0.05) is 13.8 Å².